The second-order valence-corrected chi connectivity index (χ2v) is 7.03. The summed E-state index contributed by atoms with van der Waals surface area (Å²) in [6.07, 6.45) is 7.40. The van der Waals surface area contributed by atoms with E-state index in [-0.39, 0.29) is 5.97 Å². The molecule has 0 aliphatic rings. The smallest absolute Gasteiger partial charge is 0.311 e. The highest BCUT2D eigenvalue weighted by atomic mass is 31.1. The molecule has 1 atom stereocenters. The maximum atomic E-state index is 11.5. The maximum Gasteiger partial charge on any atom is 0.311 e. The Kier molecular flexibility index (Phi) is 10.1. The van der Waals surface area contributed by atoms with Gasteiger partial charge in [-0.3, -0.25) is 4.79 Å². The van der Waals surface area contributed by atoms with Crippen molar-refractivity contribution in [2.24, 2.45) is 5.41 Å². The Morgan fingerprint density at radius 1 is 1.00 bits per heavy atom. The molecule has 0 aliphatic carbocycles. The van der Waals surface area contributed by atoms with Crippen LogP contribution in [-0.4, -0.2) is 18.7 Å². The summed E-state index contributed by atoms with van der Waals surface area (Å²) >= 11 is 0. The lowest BCUT2D eigenvalue weighted by molar-refractivity contribution is -0.164. The third kappa shape index (κ3) is 12.3. The Labute approximate surface area is 117 Å². The van der Waals surface area contributed by atoms with Gasteiger partial charge in [0.15, 0.2) is 0 Å². The van der Waals surface area contributed by atoms with Crippen LogP contribution >= 0.6 is 8.03 Å². The maximum absolute atomic E-state index is 11.5. The van der Waals surface area contributed by atoms with Crippen LogP contribution in [0.1, 0.15) is 65.7 Å². The molecule has 5 heteroatoms. The highest BCUT2D eigenvalue weighted by Gasteiger charge is 2.22. The predicted octanol–water partition coefficient (Wildman–Crippen LogP) is 3.41. The van der Waals surface area contributed by atoms with E-state index in [1.165, 1.54) is 0 Å². The lowest BCUT2D eigenvalue weighted by atomic mass is 9.97. The van der Waals surface area contributed by atoms with Crippen LogP contribution in [0.4, 0.5) is 0 Å². The third-order valence-electron chi connectivity index (χ3n) is 2.83. The zero-order valence-corrected chi connectivity index (χ0v) is 13.3. The number of hydrogen-bond acceptors (Lipinski definition) is 4. The number of esters is 1. The molecule has 1 unspecified atom stereocenters. The number of carbonyl (C=O) groups is 1. The number of carbonyl (C=O) groups excluding carboxylic acids is 1. The van der Waals surface area contributed by atoms with E-state index in [9.17, 15) is 14.3 Å². The summed E-state index contributed by atoms with van der Waals surface area (Å²) in [5.74, 6) is -0.140. The van der Waals surface area contributed by atoms with Crippen LogP contribution in [0, 0.1) is 5.41 Å². The zero-order chi connectivity index (χ0) is 14.7. The Bertz CT molecular complexity index is 271. The van der Waals surface area contributed by atoms with Gasteiger partial charge in [-0.1, -0.05) is 30.2 Å². The van der Waals surface area contributed by atoms with Crippen LogP contribution in [0.5, 0.6) is 0 Å². The summed E-state index contributed by atoms with van der Waals surface area (Å²) in [5, 5.41) is 0. The van der Waals surface area contributed by atoms with Gasteiger partial charge >= 0.3 is 14.0 Å². The molecule has 0 bridgehead atoms. The zero-order valence-electron chi connectivity index (χ0n) is 12.4. The molecule has 0 radical (unpaired) electrons. The average Bonchev–Trinajstić information content (AvgIpc) is 2.29. The van der Waals surface area contributed by atoms with E-state index in [0.717, 1.165) is 44.9 Å². The summed E-state index contributed by atoms with van der Waals surface area (Å²) in [4.78, 5) is 21.8. The lowest BCUT2D eigenvalue weighted by Crippen LogP contribution is -2.23. The van der Waals surface area contributed by atoms with Gasteiger partial charge in [-0.25, -0.2) is 0 Å². The molecule has 112 valence electrons. The number of rotatable bonds is 10. The molecule has 0 heterocycles. The Balaban J connectivity index is 3.24. The van der Waals surface area contributed by atoms with Crippen LogP contribution in [-0.2, 0) is 14.1 Å². The molecule has 0 saturated heterocycles. The van der Waals surface area contributed by atoms with Gasteiger partial charge < -0.3 is 9.63 Å². The van der Waals surface area contributed by atoms with E-state index >= 15 is 0 Å². The van der Waals surface area contributed by atoms with Gasteiger partial charge in [0, 0.05) is 0 Å². The van der Waals surface area contributed by atoms with Crippen LogP contribution in [0.2, 0.25) is 0 Å². The first-order valence-corrected chi connectivity index (χ1v) is 8.49. The highest BCUT2D eigenvalue weighted by molar-refractivity contribution is 7.36. The van der Waals surface area contributed by atoms with E-state index in [4.69, 9.17) is 4.74 Å². The standard InChI is InChI=1S/C14H27O4P/c1-14(2,3)13(15)18-11-9-7-5-4-6-8-10-12-19(16)17/h4-12H2,1-3H3. The first-order chi connectivity index (χ1) is 8.84. The quantitative estimate of drug-likeness (QED) is 0.351. The molecule has 4 nitrogen and oxygen atoms in total. The van der Waals surface area contributed by atoms with Gasteiger partial charge in [-0.05, 0) is 40.0 Å². The van der Waals surface area contributed by atoms with Crippen molar-refractivity contribution in [2.75, 3.05) is 12.8 Å². The molecule has 0 N–H and O–H groups in total. The molecule has 0 aromatic heterocycles. The minimum atomic E-state index is -2.20. The summed E-state index contributed by atoms with van der Waals surface area (Å²) in [5.41, 5.74) is -0.414. The molecule has 0 saturated carbocycles. The lowest BCUT2D eigenvalue weighted by Gasteiger charge is -2.16. The van der Waals surface area contributed by atoms with Crippen molar-refractivity contribution in [1.82, 2.24) is 0 Å². The second-order valence-electron chi connectivity index (χ2n) is 5.92. The van der Waals surface area contributed by atoms with E-state index in [1.807, 2.05) is 20.8 Å². The van der Waals surface area contributed by atoms with Gasteiger partial charge in [-0.2, -0.15) is 0 Å². The number of unbranched alkanes of at least 4 members (excludes halogenated alkanes) is 6. The SMILES string of the molecule is CC(C)(C)C(=O)OCCCCCCCCC[P+](=O)[O-]. The summed E-state index contributed by atoms with van der Waals surface area (Å²) in [7, 11) is -2.20. The molecule has 0 aromatic carbocycles. The van der Waals surface area contributed by atoms with Gasteiger partial charge in [0.2, 0.25) is 0 Å². The molecular formula is C14H27O4P. The van der Waals surface area contributed by atoms with Crippen LogP contribution in [0.3, 0.4) is 0 Å². The van der Waals surface area contributed by atoms with E-state index in [0.29, 0.717) is 12.8 Å². The van der Waals surface area contributed by atoms with Crippen molar-refractivity contribution in [3.05, 3.63) is 0 Å². The summed E-state index contributed by atoms with van der Waals surface area (Å²) < 4.78 is 15.5. The van der Waals surface area contributed by atoms with Crippen molar-refractivity contribution < 1.29 is 19.0 Å². The minimum absolute atomic E-state index is 0.140. The van der Waals surface area contributed by atoms with Crippen LogP contribution < -0.4 is 4.89 Å². The Morgan fingerprint density at radius 2 is 1.47 bits per heavy atom. The third-order valence-corrected chi connectivity index (χ3v) is 3.51. The normalized spacial score (nSPS) is 12.3. The van der Waals surface area contributed by atoms with E-state index < -0.39 is 13.4 Å². The fourth-order valence-corrected chi connectivity index (χ4v) is 2.09. The van der Waals surface area contributed by atoms with Gasteiger partial charge in [0.25, 0.3) is 0 Å². The minimum Gasteiger partial charge on any atom is -0.596 e. The van der Waals surface area contributed by atoms with Crippen molar-refractivity contribution in [1.29, 1.82) is 0 Å². The molecule has 0 amide bonds. The van der Waals surface area contributed by atoms with Crippen LogP contribution in [0.15, 0.2) is 0 Å². The average molecular weight is 290 g/mol. The molecule has 0 aliphatic heterocycles. The van der Waals surface area contributed by atoms with Crippen LogP contribution in [0.25, 0.3) is 0 Å². The van der Waals surface area contributed by atoms with E-state index in [2.05, 4.69) is 0 Å². The molecule has 19 heavy (non-hydrogen) atoms. The number of hydrogen-bond donors (Lipinski definition) is 0. The predicted molar refractivity (Wildman–Crippen MR) is 75.2 cm³/mol. The second kappa shape index (κ2) is 10.3. The van der Waals surface area contributed by atoms with E-state index in [1.54, 1.807) is 0 Å². The molecule has 0 fully saturated rings. The first-order valence-electron chi connectivity index (χ1n) is 7.13. The molecule has 0 spiro atoms. The molecular weight excluding hydrogens is 263 g/mol. The van der Waals surface area contributed by atoms with Crippen molar-refractivity contribution >= 4 is 14.0 Å². The van der Waals surface area contributed by atoms with Crippen molar-refractivity contribution in [3.63, 3.8) is 0 Å². The largest absolute Gasteiger partial charge is 0.596 e. The summed E-state index contributed by atoms with van der Waals surface area (Å²) in [6, 6.07) is 0. The topological polar surface area (TPSA) is 66.4 Å². The van der Waals surface area contributed by atoms with Crippen molar-refractivity contribution in [2.45, 2.75) is 65.7 Å². The monoisotopic (exact) mass is 290 g/mol. The number of ether oxygens (including phenoxy) is 1. The summed E-state index contributed by atoms with van der Waals surface area (Å²) in [6.45, 7) is 6.06. The Morgan fingerprint density at radius 3 is 1.95 bits per heavy atom. The van der Waals surface area contributed by atoms with Gasteiger partial charge in [-0.15, -0.1) is 0 Å². The Hall–Kier alpha value is -0.470. The van der Waals surface area contributed by atoms with Crippen molar-refractivity contribution in [3.8, 4) is 0 Å². The highest BCUT2D eigenvalue weighted by Crippen LogP contribution is 2.16. The molecule has 0 rings (SSSR count). The molecule has 0 aromatic rings. The fourth-order valence-electron chi connectivity index (χ4n) is 1.61. The van der Waals surface area contributed by atoms with Gasteiger partial charge in [0.05, 0.1) is 12.0 Å². The van der Waals surface area contributed by atoms with Gasteiger partial charge in [0.1, 0.15) is 6.16 Å². The fraction of sp³-hybridized carbons (Fsp3) is 0.929. The first kappa shape index (κ1) is 18.5.